The smallest absolute Gasteiger partial charge is 0.251 e. The van der Waals surface area contributed by atoms with E-state index in [4.69, 9.17) is 0 Å². The van der Waals surface area contributed by atoms with Crippen molar-refractivity contribution in [2.24, 2.45) is 0 Å². The molecule has 0 bridgehead atoms. The summed E-state index contributed by atoms with van der Waals surface area (Å²) in [5.74, 6) is 0.360. The van der Waals surface area contributed by atoms with Crippen LogP contribution in [0.5, 0.6) is 0 Å². The van der Waals surface area contributed by atoms with Gasteiger partial charge in [-0.25, -0.2) is 0 Å². The van der Waals surface area contributed by atoms with E-state index in [0.29, 0.717) is 5.92 Å². The average Bonchev–Trinajstić information content (AvgIpc) is 2.81. The molecule has 1 aliphatic rings. The Morgan fingerprint density at radius 1 is 1.22 bits per heavy atom. The minimum atomic E-state index is 0.0706. The molecule has 2 heterocycles. The van der Waals surface area contributed by atoms with Crippen LogP contribution >= 0.6 is 0 Å². The average molecular weight is 242 g/mol. The lowest BCUT2D eigenvalue weighted by atomic mass is 9.96. The fourth-order valence-corrected chi connectivity index (χ4v) is 2.91. The molecule has 1 fully saturated rings. The predicted octanol–water partition coefficient (Wildman–Crippen LogP) is 2.22. The molecule has 0 amide bonds. The zero-order chi connectivity index (χ0) is 12.7. The maximum atomic E-state index is 12.2. The normalized spacial score (nSPS) is 19.6. The van der Waals surface area contributed by atoms with Crippen LogP contribution in [-0.2, 0) is 0 Å². The highest BCUT2D eigenvalue weighted by Gasteiger charge is 2.20. The number of H-pyrrole nitrogens is 1. The molecule has 18 heavy (non-hydrogen) atoms. The minimum Gasteiger partial charge on any atom is -0.322 e. The second kappa shape index (κ2) is 4.25. The summed E-state index contributed by atoms with van der Waals surface area (Å²) in [6, 6.07) is 6.29. The molecule has 3 heteroatoms. The first-order valence-corrected chi connectivity index (χ1v) is 6.50. The van der Waals surface area contributed by atoms with Crippen molar-refractivity contribution in [3.05, 3.63) is 45.2 Å². The molecule has 1 aliphatic heterocycles. The zero-order valence-electron chi connectivity index (χ0n) is 10.8. The van der Waals surface area contributed by atoms with Gasteiger partial charge in [0, 0.05) is 28.9 Å². The van der Waals surface area contributed by atoms with Crippen molar-refractivity contribution in [1.82, 2.24) is 10.3 Å². The van der Waals surface area contributed by atoms with Gasteiger partial charge in [0.1, 0.15) is 0 Å². The third-order valence-corrected chi connectivity index (χ3v) is 3.84. The van der Waals surface area contributed by atoms with Gasteiger partial charge in [-0.2, -0.15) is 0 Å². The lowest BCUT2D eigenvalue weighted by molar-refractivity contribution is 0.753. The Balaban J connectivity index is 2.22. The summed E-state index contributed by atoms with van der Waals surface area (Å²) in [6.45, 7) is 6.08. The second-order valence-corrected chi connectivity index (χ2v) is 5.29. The molecular formula is C15H18N2O. The third-order valence-electron chi connectivity index (χ3n) is 3.84. The van der Waals surface area contributed by atoms with Crippen LogP contribution in [0.1, 0.15) is 29.0 Å². The minimum absolute atomic E-state index is 0.0706. The number of aromatic amines is 1. The van der Waals surface area contributed by atoms with Gasteiger partial charge in [0.15, 0.2) is 0 Å². The van der Waals surface area contributed by atoms with Crippen molar-refractivity contribution in [2.45, 2.75) is 26.2 Å². The van der Waals surface area contributed by atoms with Crippen LogP contribution in [0.25, 0.3) is 10.9 Å². The standard InChI is InChI=1S/C15H18N2O/c1-9-5-10(2)12-7-13(11-3-4-16-8-11)15(18)17-14(12)6-9/h5-7,11,16H,3-4,8H2,1-2H3,(H,17,18). The first-order valence-electron chi connectivity index (χ1n) is 6.50. The number of pyridine rings is 1. The fraction of sp³-hybridized carbons (Fsp3) is 0.400. The van der Waals surface area contributed by atoms with E-state index < -0.39 is 0 Å². The molecule has 2 N–H and O–H groups in total. The van der Waals surface area contributed by atoms with Crippen LogP contribution in [0.4, 0.5) is 0 Å². The Kier molecular flexibility index (Phi) is 2.71. The SMILES string of the molecule is Cc1cc(C)c2cc(C3CCNC3)c(=O)[nH]c2c1. The monoisotopic (exact) mass is 242 g/mol. The quantitative estimate of drug-likeness (QED) is 0.805. The Hall–Kier alpha value is -1.61. The summed E-state index contributed by atoms with van der Waals surface area (Å²) in [5, 5.41) is 4.49. The molecule has 3 rings (SSSR count). The lowest BCUT2D eigenvalue weighted by Gasteiger charge is -2.11. The van der Waals surface area contributed by atoms with E-state index in [0.717, 1.165) is 30.6 Å². The van der Waals surface area contributed by atoms with Crippen molar-refractivity contribution >= 4 is 10.9 Å². The van der Waals surface area contributed by atoms with Crippen LogP contribution in [-0.4, -0.2) is 18.1 Å². The van der Waals surface area contributed by atoms with Gasteiger partial charge in [-0.05, 0) is 50.1 Å². The summed E-state index contributed by atoms with van der Waals surface area (Å²) in [5.41, 5.74) is 4.37. The van der Waals surface area contributed by atoms with Gasteiger partial charge in [0.25, 0.3) is 5.56 Å². The Morgan fingerprint density at radius 3 is 2.78 bits per heavy atom. The molecule has 1 aromatic carbocycles. The van der Waals surface area contributed by atoms with Crippen LogP contribution < -0.4 is 10.9 Å². The first kappa shape index (κ1) is 11.5. The van der Waals surface area contributed by atoms with Crippen molar-refractivity contribution in [3.63, 3.8) is 0 Å². The molecule has 1 atom stereocenters. The fourth-order valence-electron chi connectivity index (χ4n) is 2.91. The number of benzene rings is 1. The number of aromatic nitrogens is 1. The number of fused-ring (bicyclic) bond motifs is 1. The number of hydrogen-bond acceptors (Lipinski definition) is 2. The third kappa shape index (κ3) is 1.85. The maximum Gasteiger partial charge on any atom is 0.251 e. The summed E-state index contributed by atoms with van der Waals surface area (Å²) < 4.78 is 0. The van der Waals surface area contributed by atoms with Gasteiger partial charge in [0.2, 0.25) is 0 Å². The largest absolute Gasteiger partial charge is 0.322 e. The van der Waals surface area contributed by atoms with Gasteiger partial charge in [-0.1, -0.05) is 6.07 Å². The predicted molar refractivity (Wildman–Crippen MR) is 74.3 cm³/mol. The Bertz CT molecular complexity index is 651. The second-order valence-electron chi connectivity index (χ2n) is 5.29. The lowest BCUT2D eigenvalue weighted by Crippen LogP contribution is -2.18. The molecule has 0 radical (unpaired) electrons. The molecule has 0 aliphatic carbocycles. The highest BCUT2D eigenvalue weighted by molar-refractivity contribution is 5.83. The van der Waals surface area contributed by atoms with E-state index >= 15 is 0 Å². The molecular weight excluding hydrogens is 224 g/mol. The van der Waals surface area contributed by atoms with Crippen molar-refractivity contribution in [2.75, 3.05) is 13.1 Å². The van der Waals surface area contributed by atoms with Gasteiger partial charge >= 0.3 is 0 Å². The van der Waals surface area contributed by atoms with E-state index in [1.807, 2.05) is 6.07 Å². The topological polar surface area (TPSA) is 44.9 Å². The molecule has 1 unspecified atom stereocenters. The van der Waals surface area contributed by atoms with Crippen LogP contribution in [0.15, 0.2) is 23.0 Å². The van der Waals surface area contributed by atoms with E-state index in [1.54, 1.807) is 0 Å². The maximum absolute atomic E-state index is 12.2. The van der Waals surface area contributed by atoms with Crippen LogP contribution in [0.2, 0.25) is 0 Å². The molecule has 94 valence electrons. The van der Waals surface area contributed by atoms with Gasteiger partial charge in [0.05, 0.1) is 0 Å². The van der Waals surface area contributed by atoms with Crippen molar-refractivity contribution in [3.8, 4) is 0 Å². The Morgan fingerprint density at radius 2 is 2.06 bits per heavy atom. The Labute approximate surface area is 106 Å². The summed E-state index contributed by atoms with van der Waals surface area (Å²) in [6.07, 6.45) is 1.06. The molecule has 0 saturated carbocycles. The number of aryl methyl sites for hydroxylation is 2. The zero-order valence-corrected chi connectivity index (χ0v) is 10.8. The summed E-state index contributed by atoms with van der Waals surface area (Å²) >= 11 is 0. The van der Waals surface area contributed by atoms with Crippen molar-refractivity contribution in [1.29, 1.82) is 0 Å². The first-order chi connectivity index (χ1) is 8.65. The molecule has 2 aromatic rings. The van der Waals surface area contributed by atoms with E-state index in [9.17, 15) is 4.79 Å². The molecule has 1 aromatic heterocycles. The highest BCUT2D eigenvalue weighted by atomic mass is 16.1. The molecule has 0 spiro atoms. The number of nitrogens with one attached hydrogen (secondary N) is 2. The van der Waals surface area contributed by atoms with Crippen molar-refractivity contribution < 1.29 is 0 Å². The van der Waals surface area contributed by atoms with Gasteiger partial charge in [-0.15, -0.1) is 0 Å². The summed E-state index contributed by atoms with van der Waals surface area (Å²) in [7, 11) is 0. The van der Waals surface area contributed by atoms with E-state index in [-0.39, 0.29) is 5.56 Å². The van der Waals surface area contributed by atoms with Crippen LogP contribution in [0.3, 0.4) is 0 Å². The highest BCUT2D eigenvalue weighted by Crippen LogP contribution is 2.24. The molecule has 1 saturated heterocycles. The number of hydrogen-bond donors (Lipinski definition) is 2. The van der Waals surface area contributed by atoms with E-state index in [2.05, 4.69) is 36.3 Å². The van der Waals surface area contributed by atoms with Gasteiger partial charge < -0.3 is 10.3 Å². The molecule has 3 nitrogen and oxygen atoms in total. The van der Waals surface area contributed by atoms with E-state index in [1.165, 1.54) is 16.5 Å². The summed E-state index contributed by atoms with van der Waals surface area (Å²) in [4.78, 5) is 15.2. The van der Waals surface area contributed by atoms with Crippen LogP contribution in [0, 0.1) is 13.8 Å². The number of rotatable bonds is 1. The van der Waals surface area contributed by atoms with Gasteiger partial charge in [-0.3, -0.25) is 4.79 Å².